The number of rotatable bonds is 5. The van der Waals surface area contributed by atoms with Crippen molar-refractivity contribution in [3.8, 4) is 17.0 Å². The molecule has 0 amide bonds. The van der Waals surface area contributed by atoms with Crippen molar-refractivity contribution in [1.82, 2.24) is 9.29 Å². The van der Waals surface area contributed by atoms with Crippen molar-refractivity contribution in [2.75, 3.05) is 38.2 Å². The molecule has 0 atom stereocenters. The van der Waals surface area contributed by atoms with Gasteiger partial charge in [0, 0.05) is 42.1 Å². The molecule has 10 heteroatoms. The maximum absolute atomic E-state index is 13.1. The fraction of sp³-hybridized carbons (Fsp3) is 0.286. The number of benzene rings is 2. The minimum atomic E-state index is -3.69. The molecular formula is C21H21Cl2N3O3S2. The molecule has 4 rings (SSSR count). The van der Waals surface area contributed by atoms with Crippen molar-refractivity contribution in [3.63, 3.8) is 0 Å². The molecule has 0 spiro atoms. The molecule has 1 aromatic heterocycles. The van der Waals surface area contributed by atoms with Crippen LogP contribution in [0.2, 0.25) is 10.0 Å². The van der Waals surface area contributed by atoms with Crippen LogP contribution in [-0.2, 0) is 10.0 Å². The first-order chi connectivity index (χ1) is 14.8. The molecule has 0 saturated carbocycles. The summed E-state index contributed by atoms with van der Waals surface area (Å²) in [6.45, 7) is 3.59. The van der Waals surface area contributed by atoms with Gasteiger partial charge in [0.25, 0.3) is 0 Å². The van der Waals surface area contributed by atoms with Crippen LogP contribution in [0.3, 0.4) is 0 Å². The number of thiazole rings is 1. The first-order valence-corrected chi connectivity index (χ1v) is 12.7. The number of sulfonamides is 1. The Kier molecular flexibility index (Phi) is 6.46. The molecule has 164 valence electrons. The highest BCUT2D eigenvalue weighted by atomic mass is 35.5. The quantitative estimate of drug-likeness (QED) is 0.499. The second-order valence-electron chi connectivity index (χ2n) is 7.17. The van der Waals surface area contributed by atoms with Crippen LogP contribution in [0.5, 0.6) is 5.75 Å². The molecule has 6 nitrogen and oxygen atoms in total. The Morgan fingerprint density at radius 2 is 1.71 bits per heavy atom. The summed E-state index contributed by atoms with van der Waals surface area (Å²) in [5, 5.41) is 3.48. The first kappa shape index (κ1) is 22.4. The molecule has 0 unspecified atom stereocenters. The van der Waals surface area contributed by atoms with E-state index >= 15 is 0 Å². The van der Waals surface area contributed by atoms with Crippen LogP contribution in [0, 0.1) is 6.92 Å². The van der Waals surface area contributed by atoms with E-state index in [0.29, 0.717) is 36.8 Å². The van der Waals surface area contributed by atoms with Crippen molar-refractivity contribution < 1.29 is 13.2 Å². The monoisotopic (exact) mass is 497 g/mol. The number of aryl methyl sites for hydroxylation is 1. The average molecular weight is 498 g/mol. The fourth-order valence-electron chi connectivity index (χ4n) is 3.39. The van der Waals surface area contributed by atoms with E-state index in [1.807, 2.05) is 29.6 Å². The minimum Gasteiger partial charge on any atom is -0.497 e. The Hall–Kier alpha value is -1.84. The number of ether oxygens (including phenoxy) is 1. The van der Waals surface area contributed by atoms with E-state index in [1.54, 1.807) is 25.4 Å². The van der Waals surface area contributed by atoms with Gasteiger partial charge in [-0.1, -0.05) is 23.2 Å². The van der Waals surface area contributed by atoms with E-state index in [1.165, 1.54) is 16.4 Å². The number of nitrogens with zero attached hydrogens (tertiary/aromatic N) is 3. The summed E-state index contributed by atoms with van der Waals surface area (Å²) in [4.78, 5) is 6.95. The van der Waals surface area contributed by atoms with E-state index in [-0.39, 0.29) is 9.92 Å². The molecule has 1 aliphatic rings. The lowest BCUT2D eigenvalue weighted by atomic mass is 10.2. The van der Waals surface area contributed by atoms with Gasteiger partial charge < -0.3 is 9.64 Å². The Bertz CT molecular complexity index is 1190. The van der Waals surface area contributed by atoms with Gasteiger partial charge >= 0.3 is 0 Å². The third-order valence-electron chi connectivity index (χ3n) is 5.22. The standard InChI is InChI=1S/C21H21Cl2N3O3S2/c1-14-11-20(18(23)12-17(14)22)31(27,28)26-9-7-25(8-10-26)21-24-19(13-30-21)15-3-5-16(29-2)6-4-15/h3-6,11-13H,7-10H2,1-2H3. The van der Waals surface area contributed by atoms with Gasteiger partial charge in [0.2, 0.25) is 10.0 Å². The summed E-state index contributed by atoms with van der Waals surface area (Å²) in [5.74, 6) is 0.799. The Balaban J connectivity index is 1.46. The third-order valence-corrected chi connectivity index (χ3v) is 8.89. The molecule has 1 aliphatic heterocycles. The maximum atomic E-state index is 13.1. The van der Waals surface area contributed by atoms with Gasteiger partial charge in [-0.15, -0.1) is 11.3 Å². The number of methoxy groups -OCH3 is 1. The van der Waals surface area contributed by atoms with E-state index in [2.05, 4.69) is 4.90 Å². The molecule has 0 N–H and O–H groups in total. The number of anilines is 1. The third kappa shape index (κ3) is 4.54. The molecule has 0 bridgehead atoms. The molecule has 31 heavy (non-hydrogen) atoms. The van der Waals surface area contributed by atoms with Gasteiger partial charge in [-0.25, -0.2) is 13.4 Å². The Labute approximate surface area is 196 Å². The van der Waals surface area contributed by atoms with Crippen LogP contribution in [0.25, 0.3) is 11.3 Å². The molecule has 0 radical (unpaired) electrons. The lowest BCUT2D eigenvalue weighted by Crippen LogP contribution is -2.48. The zero-order valence-corrected chi connectivity index (χ0v) is 20.2. The summed E-state index contributed by atoms with van der Waals surface area (Å²) in [6, 6.07) is 10.8. The largest absolute Gasteiger partial charge is 0.497 e. The topological polar surface area (TPSA) is 62.7 Å². The van der Waals surface area contributed by atoms with E-state index in [9.17, 15) is 8.42 Å². The van der Waals surface area contributed by atoms with E-state index < -0.39 is 10.0 Å². The molecule has 1 fully saturated rings. The summed E-state index contributed by atoms with van der Waals surface area (Å²) < 4.78 is 32.9. The molecular weight excluding hydrogens is 477 g/mol. The van der Waals surface area contributed by atoms with Gasteiger partial charge in [0.05, 0.1) is 17.8 Å². The van der Waals surface area contributed by atoms with E-state index in [0.717, 1.165) is 22.1 Å². The van der Waals surface area contributed by atoms with Gasteiger partial charge in [-0.3, -0.25) is 0 Å². The summed E-state index contributed by atoms with van der Waals surface area (Å²) in [7, 11) is -2.06. The lowest BCUT2D eigenvalue weighted by Gasteiger charge is -2.34. The van der Waals surface area contributed by atoms with Crippen molar-refractivity contribution in [2.24, 2.45) is 0 Å². The van der Waals surface area contributed by atoms with Gasteiger partial charge in [-0.05, 0) is 48.9 Å². The van der Waals surface area contributed by atoms with Crippen LogP contribution in [0.15, 0.2) is 46.7 Å². The van der Waals surface area contributed by atoms with Crippen LogP contribution < -0.4 is 9.64 Å². The van der Waals surface area contributed by atoms with E-state index in [4.69, 9.17) is 32.9 Å². The number of aromatic nitrogens is 1. The second kappa shape index (κ2) is 8.96. The zero-order valence-electron chi connectivity index (χ0n) is 17.0. The van der Waals surface area contributed by atoms with Crippen LogP contribution in [0.4, 0.5) is 5.13 Å². The molecule has 2 aromatic carbocycles. The van der Waals surface area contributed by atoms with Crippen molar-refractivity contribution >= 4 is 49.7 Å². The Morgan fingerprint density at radius 1 is 1.03 bits per heavy atom. The lowest BCUT2D eigenvalue weighted by molar-refractivity contribution is 0.385. The minimum absolute atomic E-state index is 0.0977. The van der Waals surface area contributed by atoms with Crippen LogP contribution in [0.1, 0.15) is 5.56 Å². The number of hydrogen-bond acceptors (Lipinski definition) is 6. The number of hydrogen-bond donors (Lipinski definition) is 0. The van der Waals surface area contributed by atoms with Crippen molar-refractivity contribution in [1.29, 1.82) is 0 Å². The predicted molar refractivity (Wildman–Crippen MR) is 126 cm³/mol. The Morgan fingerprint density at radius 3 is 2.35 bits per heavy atom. The highest BCUT2D eigenvalue weighted by molar-refractivity contribution is 7.89. The van der Waals surface area contributed by atoms with Crippen LogP contribution in [-0.4, -0.2) is 51.0 Å². The molecule has 1 saturated heterocycles. The SMILES string of the molecule is COc1ccc(-c2csc(N3CCN(S(=O)(=O)c4cc(C)c(Cl)cc4Cl)CC3)n2)cc1. The maximum Gasteiger partial charge on any atom is 0.244 e. The fourth-order valence-corrected chi connectivity index (χ4v) is 6.51. The molecule has 0 aliphatic carbocycles. The highest BCUT2D eigenvalue weighted by Gasteiger charge is 2.31. The smallest absolute Gasteiger partial charge is 0.244 e. The predicted octanol–water partition coefficient (Wildman–Crippen LogP) is 4.94. The number of piperazine rings is 1. The molecule has 2 heterocycles. The van der Waals surface area contributed by atoms with Crippen molar-refractivity contribution in [3.05, 3.63) is 57.4 Å². The zero-order chi connectivity index (χ0) is 22.2. The molecule has 3 aromatic rings. The van der Waals surface area contributed by atoms with Crippen molar-refractivity contribution in [2.45, 2.75) is 11.8 Å². The van der Waals surface area contributed by atoms with Gasteiger partial charge in [0.1, 0.15) is 10.6 Å². The van der Waals surface area contributed by atoms with Gasteiger partial charge in [-0.2, -0.15) is 4.31 Å². The average Bonchev–Trinajstić information content (AvgIpc) is 3.26. The summed E-state index contributed by atoms with van der Waals surface area (Å²) in [5.41, 5.74) is 2.58. The van der Waals surface area contributed by atoms with Crippen LogP contribution >= 0.6 is 34.5 Å². The summed E-state index contributed by atoms with van der Waals surface area (Å²) in [6.07, 6.45) is 0. The highest BCUT2D eigenvalue weighted by Crippen LogP contribution is 2.32. The number of halogens is 2. The summed E-state index contributed by atoms with van der Waals surface area (Å²) >= 11 is 13.8. The first-order valence-electron chi connectivity index (χ1n) is 9.60. The normalized spacial score (nSPS) is 15.3. The van der Waals surface area contributed by atoms with Gasteiger partial charge in [0.15, 0.2) is 5.13 Å². The second-order valence-corrected chi connectivity index (χ2v) is 10.7.